The van der Waals surface area contributed by atoms with Crippen molar-refractivity contribution in [3.63, 3.8) is 0 Å². The highest BCUT2D eigenvalue weighted by atomic mass is 16.5. The molecular formula is C22H17N3O5. The molecule has 2 aromatic heterocycles. The third-order valence-electron chi connectivity index (χ3n) is 4.87. The third-order valence-corrected chi connectivity index (χ3v) is 4.87. The zero-order valence-electron chi connectivity index (χ0n) is 16.6. The number of rotatable bonds is 4. The van der Waals surface area contributed by atoms with E-state index in [1.165, 1.54) is 6.08 Å². The van der Waals surface area contributed by atoms with Crippen LogP contribution in [0.1, 0.15) is 19.6 Å². The predicted octanol–water partition coefficient (Wildman–Crippen LogP) is 3.71. The van der Waals surface area contributed by atoms with Gasteiger partial charge in [-0.05, 0) is 49.8 Å². The van der Waals surface area contributed by atoms with Crippen LogP contribution in [0.25, 0.3) is 28.8 Å². The van der Waals surface area contributed by atoms with Crippen LogP contribution in [0.4, 0.5) is 0 Å². The Morgan fingerprint density at radius 2 is 1.93 bits per heavy atom. The van der Waals surface area contributed by atoms with Gasteiger partial charge in [-0.15, -0.1) is 0 Å². The van der Waals surface area contributed by atoms with Crippen molar-refractivity contribution in [2.24, 2.45) is 0 Å². The lowest BCUT2D eigenvalue weighted by atomic mass is 9.95. The van der Waals surface area contributed by atoms with Crippen LogP contribution in [0.5, 0.6) is 5.75 Å². The van der Waals surface area contributed by atoms with Gasteiger partial charge in [0.15, 0.2) is 5.58 Å². The highest BCUT2D eigenvalue weighted by Gasteiger charge is 2.34. The van der Waals surface area contributed by atoms with Crippen LogP contribution in [0.2, 0.25) is 0 Å². The highest BCUT2D eigenvalue weighted by Crippen LogP contribution is 2.31. The van der Waals surface area contributed by atoms with Gasteiger partial charge in [-0.25, -0.2) is 0 Å². The van der Waals surface area contributed by atoms with Gasteiger partial charge in [-0.1, -0.05) is 0 Å². The molecule has 0 unspecified atom stereocenters. The van der Waals surface area contributed by atoms with E-state index in [0.717, 1.165) is 16.2 Å². The number of carbonyl (C=O) groups excluding carboxylic acids is 2. The molecule has 8 heteroatoms. The minimum Gasteiger partial charge on any atom is -0.497 e. The van der Waals surface area contributed by atoms with Crippen LogP contribution in [0, 0.1) is 11.3 Å². The van der Waals surface area contributed by atoms with Crippen molar-refractivity contribution in [1.82, 2.24) is 9.88 Å². The summed E-state index contributed by atoms with van der Waals surface area (Å²) < 4.78 is 16.6. The van der Waals surface area contributed by atoms with E-state index in [2.05, 4.69) is 4.98 Å². The Balaban J connectivity index is 1.71. The van der Waals surface area contributed by atoms with E-state index in [9.17, 15) is 14.9 Å². The molecule has 0 saturated carbocycles. The Labute approximate surface area is 171 Å². The number of hydrogen-bond donors (Lipinski definition) is 0. The quantitative estimate of drug-likeness (QED) is 0.482. The van der Waals surface area contributed by atoms with Crippen molar-refractivity contribution >= 4 is 29.2 Å². The van der Waals surface area contributed by atoms with Gasteiger partial charge < -0.3 is 13.6 Å². The number of carbonyl (C=O) groups is 2. The van der Waals surface area contributed by atoms with Crippen molar-refractivity contribution < 1.29 is 23.2 Å². The van der Waals surface area contributed by atoms with E-state index in [1.54, 1.807) is 39.2 Å². The van der Waals surface area contributed by atoms with E-state index in [4.69, 9.17) is 13.6 Å². The lowest BCUT2D eigenvalue weighted by Crippen LogP contribution is -2.42. The molecule has 0 atom stereocenters. The van der Waals surface area contributed by atoms with Gasteiger partial charge in [0.05, 0.1) is 7.11 Å². The van der Waals surface area contributed by atoms with Crippen molar-refractivity contribution in [3.05, 3.63) is 52.8 Å². The number of fused-ring (bicyclic) bond motifs is 1. The van der Waals surface area contributed by atoms with E-state index in [1.807, 2.05) is 18.2 Å². The Morgan fingerprint density at radius 1 is 1.20 bits per heavy atom. The van der Waals surface area contributed by atoms with Crippen LogP contribution in [0.3, 0.4) is 0 Å². The maximum atomic E-state index is 12.7. The highest BCUT2D eigenvalue weighted by molar-refractivity contribution is 6.19. The van der Waals surface area contributed by atoms with Gasteiger partial charge >= 0.3 is 0 Å². The van der Waals surface area contributed by atoms with Crippen molar-refractivity contribution in [2.45, 2.75) is 13.8 Å². The standard InChI is InChI=1S/C22H17N3O5/c1-4-25-21(26)16(12(2)17(11-23)22(25)27)9-15-10-18-20(29-15)24-19(30-18)13-5-7-14(28-3)8-6-13/h5-10H,4H2,1-3H3/b16-9-. The van der Waals surface area contributed by atoms with Crippen molar-refractivity contribution in [1.29, 1.82) is 5.26 Å². The summed E-state index contributed by atoms with van der Waals surface area (Å²) >= 11 is 0. The number of benzene rings is 1. The van der Waals surface area contributed by atoms with Crippen molar-refractivity contribution in [3.8, 4) is 23.3 Å². The lowest BCUT2D eigenvalue weighted by molar-refractivity contribution is -0.140. The average Bonchev–Trinajstić information content (AvgIpc) is 3.31. The first-order valence-corrected chi connectivity index (χ1v) is 9.20. The van der Waals surface area contributed by atoms with Crippen LogP contribution >= 0.6 is 0 Å². The van der Waals surface area contributed by atoms with Crippen molar-refractivity contribution in [2.75, 3.05) is 13.7 Å². The minimum atomic E-state index is -0.585. The molecule has 0 aliphatic carbocycles. The number of amides is 2. The topological polar surface area (TPSA) is 110 Å². The summed E-state index contributed by atoms with van der Waals surface area (Å²) in [4.78, 5) is 30.3. The fourth-order valence-electron chi connectivity index (χ4n) is 3.24. The molecule has 30 heavy (non-hydrogen) atoms. The predicted molar refractivity (Wildman–Crippen MR) is 107 cm³/mol. The fourth-order valence-corrected chi connectivity index (χ4v) is 3.24. The number of oxazole rings is 1. The Hall–Kier alpha value is -4.12. The molecule has 8 nitrogen and oxygen atoms in total. The summed E-state index contributed by atoms with van der Waals surface area (Å²) in [6.07, 6.45) is 1.49. The molecule has 3 aromatic rings. The first kappa shape index (κ1) is 19.2. The molecule has 1 aliphatic rings. The number of imide groups is 1. The normalized spacial score (nSPS) is 15.9. The first-order chi connectivity index (χ1) is 14.5. The summed E-state index contributed by atoms with van der Waals surface area (Å²) in [5, 5.41) is 9.32. The number of ether oxygens (including phenoxy) is 1. The Kier molecular flexibility index (Phi) is 4.72. The second-order valence-corrected chi connectivity index (χ2v) is 6.59. The summed E-state index contributed by atoms with van der Waals surface area (Å²) in [5.74, 6) is 0.394. The smallest absolute Gasteiger partial charge is 0.271 e. The molecule has 0 saturated heterocycles. The number of nitrogens with zero attached hydrogens (tertiary/aromatic N) is 3. The van der Waals surface area contributed by atoms with Gasteiger partial charge in [0, 0.05) is 23.7 Å². The number of methoxy groups -OCH3 is 1. The number of aromatic nitrogens is 1. The summed E-state index contributed by atoms with van der Waals surface area (Å²) in [6.45, 7) is 3.41. The summed E-state index contributed by atoms with van der Waals surface area (Å²) in [7, 11) is 1.59. The number of likely N-dealkylation sites (N-methyl/N-ethyl adjacent to an activating group) is 1. The Bertz CT molecular complexity index is 1240. The number of nitriles is 1. The zero-order chi connectivity index (χ0) is 21.4. The van der Waals surface area contributed by atoms with E-state index in [0.29, 0.717) is 22.8 Å². The first-order valence-electron chi connectivity index (χ1n) is 9.20. The Morgan fingerprint density at radius 3 is 2.53 bits per heavy atom. The molecule has 0 bridgehead atoms. The summed E-state index contributed by atoms with van der Waals surface area (Å²) in [5.41, 5.74) is 1.94. The van der Waals surface area contributed by atoms with Crippen LogP contribution in [-0.2, 0) is 9.59 Å². The van der Waals surface area contributed by atoms with Crippen LogP contribution < -0.4 is 4.74 Å². The number of furan rings is 1. The molecule has 0 fully saturated rings. The van der Waals surface area contributed by atoms with Gasteiger partial charge in [-0.3, -0.25) is 14.5 Å². The lowest BCUT2D eigenvalue weighted by Gasteiger charge is -2.25. The maximum Gasteiger partial charge on any atom is 0.271 e. The second-order valence-electron chi connectivity index (χ2n) is 6.59. The molecule has 0 spiro atoms. The van der Waals surface area contributed by atoms with E-state index in [-0.39, 0.29) is 23.4 Å². The zero-order valence-corrected chi connectivity index (χ0v) is 16.6. The average molecular weight is 403 g/mol. The molecular weight excluding hydrogens is 386 g/mol. The molecule has 2 amide bonds. The minimum absolute atomic E-state index is 0.0575. The molecule has 1 aliphatic heterocycles. The van der Waals surface area contributed by atoms with E-state index < -0.39 is 11.8 Å². The molecule has 0 N–H and O–H groups in total. The molecule has 150 valence electrons. The third kappa shape index (κ3) is 3.06. The van der Waals surface area contributed by atoms with Gasteiger partial charge in [0.1, 0.15) is 23.2 Å². The monoisotopic (exact) mass is 403 g/mol. The largest absolute Gasteiger partial charge is 0.497 e. The second kappa shape index (κ2) is 7.37. The van der Waals surface area contributed by atoms with Gasteiger partial charge in [0.25, 0.3) is 17.5 Å². The number of hydrogen-bond acceptors (Lipinski definition) is 7. The van der Waals surface area contributed by atoms with Crippen LogP contribution in [0.15, 0.2) is 55.9 Å². The van der Waals surface area contributed by atoms with Crippen LogP contribution in [-0.4, -0.2) is 35.4 Å². The van der Waals surface area contributed by atoms with E-state index >= 15 is 0 Å². The molecule has 4 rings (SSSR count). The molecule has 3 heterocycles. The summed E-state index contributed by atoms with van der Waals surface area (Å²) in [6, 6.07) is 10.7. The van der Waals surface area contributed by atoms with Gasteiger partial charge in [0.2, 0.25) is 5.89 Å². The maximum absolute atomic E-state index is 12.7. The molecule has 0 radical (unpaired) electrons. The van der Waals surface area contributed by atoms with Gasteiger partial charge in [-0.2, -0.15) is 10.2 Å². The molecule has 1 aromatic carbocycles. The SMILES string of the molecule is CCN1C(=O)C(C#N)=C(C)/C(=C/c2cc3oc(-c4ccc(OC)cc4)nc3o2)C1=O. The fraction of sp³-hybridized carbons (Fsp3) is 0.182.